The number of nitrogen functional groups attached to an aromatic ring is 1. The number of nitrogens with two attached hydrogens (primary N) is 1. The highest BCUT2D eigenvalue weighted by Gasteiger charge is 2.36. The van der Waals surface area contributed by atoms with Crippen molar-refractivity contribution < 1.29 is 5.11 Å². The molecule has 3 rings (SSSR count). The van der Waals surface area contributed by atoms with Crippen molar-refractivity contribution in [3.05, 3.63) is 24.0 Å². The van der Waals surface area contributed by atoms with Gasteiger partial charge in [-0.3, -0.25) is 0 Å². The third kappa shape index (κ3) is 2.42. The molecule has 4 heteroatoms. The number of fused-ring (bicyclic) bond motifs is 1. The average molecular weight is 287 g/mol. The Labute approximate surface area is 126 Å². The minimum Gasteiger partial charge on any atom is -0.399 e. The van der Waals surface area contributed by atoms with Crippen molar-refractivity contribution >= 4 is 16.7 Å². The van der Waals surface area contributed by atoms with Crippen LogP contribution in [-0.4, -0.2) is 14.7 Å². The van der Waals surface area contributed by atoms with Crippen LogP contribution in [0.3, 0.4) is 0 Å². The third-order valence-corrected chi connectivity index (χ3v) is 4.88. The first-order valence-electron chi connectivity index (χ1n) is 7.85. The van der Waals surface area contributed by atoms with E-state index < -0.39 is 6.10 Å². The molecule has 1 aliphatic carbocycles. The molecule has 21 heavy (non-hydrogen) atoms. The molecule has 114 valence electrons. The first-order valence-corrected chi connectivity index (χ1v) is 7.85. The van der Waals surface area contributed by atoms with E-state index in [1.54, 1.807) is 6.92 Å². The molecule has 0 aliphatic heterocycles. The number of anilines is 1. The van der Waals surface area contributed by atoms with Crippen LogP contribution in [0.2, 0.25) is 0 Å². The summed E-state index contributed by atoms with van der Waals surface area (Å²) in [5.41, 5.74) is 8.78. The maximum Gasteiger partial charge on any atom is 0.138 e. The molecule has 0 bridgehead atoms. The number of rotatable bonds is 2. The second-order valence-electron chi connectivity index (χ2n) is 7.01. The minimum atomic E-state index is -0.573. The van der Waals surface area contributed by atoms with Crippen LogP contribution >= 0.6 is 0 Å². The van der Waals surface area contributed by atoms with E-state index in [1.165, 1.54) is 19.3 Å². The van der Waals surface area contributed by atoms with Gasteiger partial charge in [-0.15, -0.1) is 0 Å². The molecule has 1 aromatic heterocycles. The summed E-state index contributed by atoms with van der Waals surface area (Å²) in [6, 6.07) is 6.23. The lowest BCUT2D eigenvalue weighted by Crippen LogP contribution is -2.31. The Morgan fingerprint density at radius 1 is 1.38 bits per heavy atom. The molecule has 1 aliphatic rings. The largest absolute Gasteiger partial charge is 0.399 e. The van der Waals surface area contributed by atoms with Gasteiger partial charge in [0.15, 0.2) is 0 Å². The van der Waals surface area contributed by atoms with Gasteiger partial charge in [0.1, 0.15) is 11.9 Å². The van der Waals surface area contributed by atoms with Crippen LogP contribution < -0.4 is 5.73 Å². The van der Waals surface area contributed by atoms with Crippen molar-refractivity contribution in [2.75, 3.05) is 5.73 Å². The fourth-order valence-electron chi connectivity index (χ4n) is 3.71. The van der Waals surface area contributed by atoms with E-state index in [0.29, 0.717) is 11.7 Å². The van der Waals surface area contributed by atoms with Gasteiger partial charge in [-0.05, 0) is 43.4 Å². The molecule has 0 spiro atoms. The highest BCUT2D eigenvalue weighted by molar-refractivity contribution is 5.80. The number of aliphatic hydroxyl groups is 1. The Bertz CT molecular complexity index is 657. The Hall–Kier alpha value is -1.55. The zero-order valence-corrected chi connectivity index (χ0v) is 13.1. The van der Waals surface area contributed by atoms with Gasteiger partial charge in [0.05, 0.1) is 11.0 Å². The van der Waals surface area contributed by atoms with Gasteiger partial charge in [-0.2, -0.15) is 0 Å². The summed E-state index contributed by atoms with van der Waals surface area (Å²) in [7, 11) is 0. The molecular weight excluding hydrogens is 262 g/mol. The van der Waals surface area contributed by atoms with Crippen molar-refractivity contribution in [2.45, 2.75) is 58.6 Å². The number of nitrogens with zero attached hydrogens (tertiary/aromatic N) is 2. The van der Waals surface area contributed by atoms with E-state index in [2.05, 4.69) is 23.4 Å². The van der Waals surface area contributed by atoms with Gasteiger partial charge >= 0.3 is 0 Å². The van der Waals surface area contributed by atoms with Crippen molar-refractivity contribution in [1.29, 1.82) is 0 Å². The Balaban J connectivity index is 2.21. The maximum absolute atomic E-state index is 10.2. The number of aromatic nitrogens is 2. The molecule has 2 atom stereocenters. The van der Waals surface area contributed by atoms with Crippen molar-refractivity contribution in [3.8, 4) is 0 Å². The van der Waals surface area contributed by atoms with Crippen molar-refractivity contribution in [3.63, 3.8) is 0 Å². The van der Waals surface area contributed by atoms with Crippen molar-refractivity contribution in [1.82, 2.24) is 9.55 Å². The van der Waals surface area contributed by atoms with Crippen LogP contribution in [0, 0.1) is 5.41 Å². The van der Waals surface area contributed by atoms with Crippen LogP contribution in [0.25, 0.3) is 11.0 Å². The predicted molar refractivity (Wildman–Crippen MR) is 86.1 cm³/mol. The number of hydrogen-bond acceptors (Lipinski definition) is 3. The third-order valence-electron chi connectivity index (χ3n) is 4.88. The van der Waals surface area contributed by atoms with Crippen molar-refractivity contribution in [2.24, 2.45) is 5.41 Å². The highest BCUT2D eigenvalue weighted by atomic mass is 16.3. The normalized spacial score (nSPS) is 23.3. The van der Waals surface area contributed by atoms with E-state index in [1.807, 2.05) is 18.2 Å². The highest BCUT2D eigenvalue weighted by Crippen LogP contribution is 2.46. The molecule has 1 aromatic carbocycles. The lowest BCUT2D eigenvalue weighted by Gasteiger charge is -2.40. The second kappa shape index (κ2) is 5.02. The van der Waals surface area contributed by atoms with Crippen LogP contribution in [0.4, 0.5) is 5.69 Å². The van der Waals surface area contributed by atoms with Gasteiger partial charge in [0.2, 0.25) is 0 Å². The summed E-state index contributed by atoms with van der Waals surface area (Å²) < 4.78 is 2.26. The summed E-state index contributed by atoms with van der Waals surface area (Å²) in [6.45, 7) is 6.44. The molecule has 0 radical (unpaired) electrons. The lowest BCUT2D eigenvalue weighted by atomic mass is 9.73. The number of hydrogen-bond donors (Lipinski definition) is 2. The second-order valence-corrected chi connectivity index (χ2v) is 7.01. The molecule has 2 unspecified atom stereocenters. The smallest absolute Gasteiger partial charge is 0.138 e. The summed E-state index contributed by atoms with van der Waals surface area (Å²) in [5, 5.41) is 10.2. The Morgan fingerprint density at radius 2 is 2.14 bits per heavy atom. The topological polar surface area (TPSA) is 64.1 Å². The standard InChI is InChI=1S/C17H25N3O/c1-11(21)16-19-13-10-12(18)7-8-14(13)20(16)15-6-4-5-9-17(15,2)3/h7-8,10-11,15,21H,4-6,9,18H2,1-3H3. The van der Waals surface area contributed by atoms with E-state index in [-0.39, 0.29) is 5.41 Å². The Morgan fingerprint density at radius 3 is 2.81 bits per heavy atom. The van der Waals surface area contributed by atoms with Gasteiger partial charge in [-0.25, -0.2) is 4.98 Å². The lowest BCUT2D eigenvalue weighted by molar-refractivity contribution is 0.126. The Kier molecular flexibility index (Phi) is 3.44. The number of imidazole rings is 1. The fourth-order valence-corrected chi connectivity index (χ4v) is 3.71. The van der Waals surface area contributed by atoms with Crippen LogP contribution in [-0.2, 0) is 0 Å². The molecule has 0 saturated heterocycles. The molecule has 2 aromatic rings. The predicted octanol–water partition coefficient (Wildman–Crippen LogP) is 3.81. The summed E-state index contributed by atoms with van der Waals surface area (Å²) in [5.74, 6) is 0.760. The quantitative estimate of drug-likeness (QED) is 0.825. The van der Waals surface area contributed by atoms with Gasteiger partial charge in [0, 0.05) is 11.7 Å². The van der Waals surface area contributed by atoms with Crippen LogP contribution in [0.1, 0.15) is 64.4 Å². The monoisotopic (exact) mass is 287 g/mol. The van der Waals surface area contributed by atoms with Crippen LogP contribution in [0.5, 0.6) is 0 Å². The summed E-state index contributed by atoms with van der Waals surface area (Å²) in [4.78, 5) is 4.65. The zero-order chi connectivity index (χ0) is 15.2. The molecule has 1 saturated carbocycles. The zero-order valence-electron chi connectivity index (χ0n) is 13.1. The summed E-state index contributed by atoms with van der Waals surface area (Å²) in [6.07, 6.45) is 4.31. The molecule has 4 nitrogen and oxygen atoms in total. The number of benzene rings is 1. The van der Waals surface area contributed by atoms with Gasteiger partial charge < -0.3 is 15.4 Å². The van der Waals surface area contributed by atoms with Gasteiger partial charge in [0.25, 0.3) is 0 Å². The van der Waals surface area contributed by atoms with E-state index in [4.69, 9.17) is 5.73 Å². The van der Waals surface area contributed by atoms with E-state index in [0.717, 1.165) is 23.3 Å². The molecular formula is C17H25N3O. The minimum absolute atomic E-state index is 0.219. The first-order chi connectivity index (χ1) is 9.90. The average Bonchev–Trinajstić information content (AvgIpc) is 2.76. The first kappa shape index (κ1) is 14.4. The van der Waals surface area contributed by atoms with Gasteiger partial charge in [-0.1, -0.05) is 26.7 Å². The molecule has 0 amide bonds. The number of aliphatic hydroxyl groups excluding tert-OH is 1. The van der Waals surface area contributed by atoms with E-state index >= 15 is 0 Å². The fraction of sp³-hybridized carbons (Fsp3) is 0.588. The molecule has 1 heterocycles. The summed E-state index contributed by atoms with van der Waals surface area (Å²) >= 11 is 0. The van der Waals surface area contributed by atoms with E-state index in [9.17, 15) is 5.11 Å². The SMILES string of the molecule is CC(O)c1nc2cc(N)ccc2n1C1CCCCC1(C)C. The molecule has 3 N–H and O–H groups in total. The maximum atomic E-state index is 10.2. The van der Waals surface area contributed by atoms with Crippen LogP contribution in [0.15, 0.2) is 18.2 Å². The molecule has 1 fully saturated rings.